The number of hydrogen-bond donors (Lipinski definition) is 0. The highest BCUT2D eigenvalue weighted by molar-refractivity contribution is 6.01. The molecule has 4 aromatic carbocycles. The fourth-order valence-electron chi connectivity index (χ4n) is 6.03. The molecule has 0 spiro atoms. The van der Waals surface area contributed by atoms with E-state index in [1.54, 1.807) is 0 Å². The molecule has 1 heterocycles. The third-order valence-electron chi connectivity index (χ3n) is 7.62. The summed E-state index contributed by atoms with van der Waals surface area (Å²) in [6.45, 7) is 2.19. The van der Waals surface area contributed by atoms with Crippen LogP contribution in [0.1, 0.15) is 40.3 Å². The van der Waals surface area contributed by atoms with Crippen molar-refractivity contribution >= 4 is 39.7 Å². The summed E-state index contributed by atoms with van der Waals surface area (Å²) in [6, 6.07) is 21.9. The fourth-order valence-corrected chi connectivity index (χ4v) is 6.03. The number of carbonyl (C=O) groups is 1. The second kappa shape index (κ2) is 6.20. The van der Waals surface area contributed by atoms with Crippen molar-refractivity contribution in [2.24, 2.45) is 0 Å². The molecule has 1 atom stereocenters. The van der Waals surface area contributed by atoms with Crippen LogP contribution in [0.4, 0.5) is 0 Å². The maximum atomic E-state index is 12.5. The van der Waals surface area contributed by atoms with Gasteiger partial charge in [-0.2, -0.15) is 0 Å². The minimum atomic E-state index is -0.576. The monoisotopic (exact) mass is 414 g/mol. The van der Waals surface area contributed by atoms with E-state index in [1.165, 1.54) is 43.8 Å². The molecule has 32 heavy (non-hydrogen) atoms. The summed E-state index contributed by atoms with van der Waals surface area (Å²) in [5.74, 6) is -0.117. The first-order valence-corrected chi connectivity index (χ1v) is 11.3. The van der Waals surface area contributed by atoms with Crippen molar-refractivity contribution in [3.05, 3.63) is 106 Å². The van der Waals surface area contributed by atoms with Gasteiger partial charge in [-0.05, 0) is 74.7 Å². The van der Waals surface area contributed by atoms with Crippen LogP contribution in [0, 0.1) is 0 Å². The molecule has 1 unspecified atom stereocenters. The standard InChI is InChI=1S/C30H22O2/c1-30(28-29(31)32-28,24-16-14-20-8-2-6-18-10-4-12-22(24)26(18)20)25-17-15-21-9-3-7-19-11-5-13-23(25)27(19)21/h2-9,12-17,28H,10-11H2,1H3. The van der Waals surface area contributed by atoms with Crippen molar-refractivity contribution < 1.29 is 9.53 Å². The molecule has 0 N–H and O–H groups in total. The van der Waals surface area contributed by atoms with Crippen LogP contribution in [0.25, 0.3) is 33.7 Å². The predicted molar refractivity (Wildman–Crippen MR) is 130 cm³/mol. The molecule has 3 aliphatic rings. The number of benzene rings is 4. The molecule has 2 heteroatoms. The first kappa shape index (κ1) is 18.0. The van der Waals surface area contributed by atoms with Crippen molar-refractivity contribution in [2.45, 2.75) is 31.3 Å². The summed E-state index contributed by atoms with van der Waals surface area (Å²) in [5, 5.41) is 5.10. The molecule has 1 saturated heterocycles. The van der Waals surface area contributed by atoms with E-state index in [-0.39, 0.29) is 5.97 Å². The van der Waals surface area contributed by atoms with Crippen LogP contribution in [0.15, 0.2) is 72.8 Å². The van der Waals surface area contributed by atoms with Crippen molar-refractivity contribution in [1.82, 2.24) is 0 Å². The molecule has 0 amide bonds. The molecule has 2 nitrogen and oxygen atoms in total. The van der Waals surface area contributed by atoms with E-state index in [0.29, 0.717) is 0 Å². The lowest BCUT2D eigenvalue weighted by Gasteiger charge is -2.33. The highest BCUT2D eigenvalue weighted by Gasteiger charge is 2.56. The van der Waals surface area contributed by atoms with Crippen LogP contribution < -0.4 is 0 Å². The molecular weight excluding hydrogens is 392 g/mol. The zero-order chi connectivity index (χ0) is 21.4. The topological polar surface area (TPSA) is 29.6 Å². The van der Waals surface area contributed by atoms with E-state index in [1.807, 2.05) is 0 Å². The molecule has 1 fully saturated rings. The molecule has 0 bridgehead atoms. The van der Waals surface area contributed by atoms with Gasteiger partial charge in [0.05, 0.1) is 5.41 Å². The van der Waals surface area contributed by atoms with Crippen molar-refractivity contribution in [3.8, 4) is 0 Å². The van der Waals surface area contributed by atoms with Crippen LogP contribution in [-0.2, 0) is 27.8 Å². The molecule has 4 aromatic rings. The molecule has 154 valence electrons. The van der Waals surface area contributed by atoms with Gasteiger partial charge < -0.3 is 4.74 Å². The Bertz CT molecular complexity index is 1430. The molecule has 7 rings (SSSR count). The zero-order valence-corrected chi connectivity index (χ0v) is 17.9. The first-order valence-electron chi connectivity index (χ1n) is 11.3. The Hall–Kier alpha value is -3.65. The third kappa shape index (κ3) is 2.27. The number of rotatable bonds is 3. The Morgan fingerprint density at radius 2 is 1.25 bits per heavy atom. The highest BCUT2D eigenvalue weighted by atomic mass is 16.6. The number of hydrogen-bond acceptors (Lipinski definition) is 2. The van der Waals surface area contributed by atoms with Crippen molar-refractivity contribution in [2.75, 3.05) is 0 Å². The third-order valence-corrected chi connectivity index (χ3v) is 7.62. The van der Waals surface area contributed by atoms with Gasteiger partial charge in [-0.3, -0.25) is 0 Å². The molecule has 1 aliphatic heterocycles. The number of cyclic esters (lactones) is 1. The highest BCUT2D eigenvalue weighted by Crippen LogP contribution is 2.49. The lowest BCUT2D eigenvalue weighted by molar-refractivity contribution is -0.117. The Kier molecular flexibility index (Phi) is 3.48. The van der Waals surface area contributed by atoms with E-state index < -0.39 is 11.5 Å². The molecule has 0 radical (unpaired) electrons. The lowest BCUT2D eigenvalue weighted by Crippen LogP contribution is -2.33. The second-order valence-corrected chi connectivity index (χ2v) is 9.32. The largest absolute Gasteiger partial charge is 0.446 e. The Balaban J connectivity index is 1.58. The normalized spacial score (nSPS) is 18.3. The quantitative estimate of drug-likeness (QED) is 0.365. The number of allylic oxidation sites excluding steroid dienone is 2. The SMILES string of the molecule is CC(c1ccc2cccc3c2c1C=CC3)(c1ccc2cccc3c2c1C=CC3)C1OC1=O. The summed E-state index contributed by atoms with van der Waals surface area (Å²) < 4.78 is 5.62. The second-order valence-electron chi connectivity index (χ2n) is 9.32. The average molecular weight is 415 g/mol. The number of ether oxygens (including phenoxy) is 1. The van der Waals surface area contributed by atoms with E-state index in [0.717, 1.165) is 24.0 Å². The van der Waals surface area contributed by atoms with Gasteiger partial charge >= 0.3 is 5.97 Å². The van der Waals surface area contributed by atoms with Crippen LogP contribution in [0.3, 0.4) is 0 Å². The Morgan fingerprint density at radius 3 is 1.72 bits per heavy atom. The van der Waals surface area contributed by atoms with Gasteiger partial charge in [-0.25, -0.2) is 4.79 Å². The zero-order valence-electron chi connectivity index (χ0n) is 17.9. The van der Waals surface area contributed by atoms with Crippen molar-refractivity contribution in [1.29, 1.82) is 0 Å². The summed E-state index contributed by atoms with van der Waals surface area (Å²) >= 11 is 0. The minimum absolute atomic E-state index is 0.117. The summed E-state index contributed by atoms with van der Waals surface area (Å²) in [6.07, 6.45) is 10.4. The predicted octanol–water partition coefficient (Wildman–Crippen LogP) is 6.36. The smallest absolute Gasteiger partial charge is 0.349 e. The van der Waals surface area contributed by atoms with Gasteiger partial charge in [0, 0.05) is 0 Å². The number of epoxide rings is 1. The van der Waals surface area contributed by atoms with Gasteiger partial charge in [-0.15, -0.1) is 0 Å². The van der Waals surface area contributed by atoms with Crippen LogP contribution in [-0.4, -0.2) is 12.1 Å². The van der Waals surface area contributed by atoms with Gasteiger partial charge in [0.15, 0.2) is 0 Å². The Labute approximate surface area is 186 Å². The Morgan fingerprint density at radius 1 is 0.750 bits per heavy atom. The van der Waals surface area contributed by atoms with Crippen molar-refractivity contribution in [3.63, 3.8) is 0 Å². The van der Waals surface area contributed by atoms with Gasteiger partial charge in [-0.1, -0.05) is 85.0 Å². The fraction of sp³-hybridized carbons (Fsp3) is 0.167. The summed E-state index contributed by atoms with van der Waals surface area (Å²) in [7, 11) is 0. The van der Waals surface area contributed by atoms with Crippen LogP contribution in [0.5, 0.6) is 0 Å². The van der Waals surface area contributed by atoms with E-state index in [9.17, 15) is 4.79 Å². The van der Waals surface area contributed by atoms with Gasteiger partial charge in [0.2, 0.25) is 6.10 Å². The maximum Gasteiger partial charge on any atom is 0.349 e. The number of carbonyl (C=O) groups excluding carboxylic acids is 1. The van der Waals surface area contributed by atoms with Gasteiger partial charge in [0.1, 0.15) is 0 Å². The van der Waals surface area contributed by atoms with E-state index in [2.05, 4.69) is 91.9 Å². The van der Waals surface area contributed by atoms with Crippen LogP contribution in [0.2, 0.25) is 0 Å². The summed E-state index contributed by atoms with van der Waals surface area (Å²) in [5.41, 5.74) is 6.87. The lowest BCUT2D eigenvalue weighted by atomic mass is 9.68. The molecular formula is C30H22O2. The summed E-state index contributed by atoms with van der Waals surface area (Å²) in [4.78, 5) is 12.5. The van der Waals surface area contributed by atoms with Gasteiger partial charge in [0.25, 0.3) is 0 Å². The molecule has 0 saturated carbocycles. The van der Waals surface area contributed by atoms with Crippen LogP contribution >= 0.6 is 0 Å². The first-order chi connectivity index (χ1) is 15.7. The van der Waals surface area contributed by atoms with E-state index >= 15 is 0 Å². The molecule has 2 aliphatic carbocycles. The molecule has 0 aromatic heterocycles. The minimum Gasteiger partial charge on any atom is -0.446 e. The average Bonchev–Trinajstić information content (AvgIpc) is 3.57. The van der Waals surface area contributed by atoms with E-state index in [4.69, 9.17) is 4.74 Å². The maximum absolute atomic E-state index is 12.5.